The minimum absolute atomic E-state index is 0.0174. The largest absolute Gasteiger partial charge is 0.495 e. The first-order chi connectivity index (χ1) is 12.4. The van der Waals surface area contributed by atoms with Crippen LogP contribution in [-0.2, 0) is 0 Å². The topological polar surface area (TPSA) is 80.0 Å². The van der Waals surface area contributed by atoms with E-state index in [-0.39, 0.29) is 10.8 Å². The van der Waals surface area contributed by atoms with Crippen LogP contribution in [0.5, 0.6) is 23.0 Å². The van der Waals surface area contributed by atoms with Gasteiger partial charge in [-0.15, -0.1) is 0 Å². The number of nitrogen functional groups attached to an aromatic ring is 1. The fourth-order valence-electron chi connectivity index (χ4n) is 2.40. The lowest BCUT2D eigenvalue weighted by molar-refractivity contribution is 0.104. The van der Waals surface area contributed by atoms with Crippen LogP contribution in [0.15, 0.2) is 35.4 Å². The van der Waals surface area contributed by atoms with Gasteiger partial charge in [-0.1, -0.05) is 17.7 Å². The molecule has 0 bridgehead atoms. The first-order valence-electron chi connectivity index (χ1n) is 7.60. The number of halogens is 1. The maximum atomic E-state index is 12.7. The van der Waals surface area contributed by atoms with Gasteiger partial charge >= 0.3 is 0 Å². The Morgan fingerprint density at radius 2 is 1.50 bits per heavy atom. The highest BCUT2D eigenvalue weighted by Gasteiger charge is 2.18. The molecule has 2 aromatic rings. The molecule has 0 spiro atoms. The van der Waals surface area contributed by atoms with Crippen LogP contribution in [-0.4, -0.2) is 34.2 Å². The van der Waals surface area contributed by atoms with E-state index in [2.05, 4.69) is 0 Å². The number of ketones is 1. The lowest BCUT2D eigenvalue weighted by Crippen LogP contribution is -2.03. The van der Waals surface area contributed by atoms with Gasteiger partial charge in [0.1, 0.15) is 5.75 Å². The first kappa shape index (κ1) is 19.5. The standard InChI is InChI=1S/C19H20ClNO5/c1-23-15-6-5-11(8-14(15)21)7-13(20)18(22)12-9-16(24-2)19(26-4)17(10-12)25-3/h5-10H,21H2,1-4H3. The minimum atomic E-state index is -0.389. The summed E-state index contributed by atoms with van der Waals surface area (Å²) in [6.45, 7) is 0. The van der Waals surface area contributed by atoms with Gasteiger partial charge in [0.25, 0.3) is 0 Å². The molecule has 0 saturated carbocycles. The molecule has 2 aromatic carbocycles. The normalized spacial score (nSPS) is 11.0. The minimum Gasteiger partial charge on any atom is -0.495 e. The zero-order valence-corrected chi connectivity index (χ0v) is 15.7. The van der Waals surface area contributed by atoms with Crippen molar-refractivity contribution < 1.29 is 23.7 Å². The number of hydrogen-bond donors (Lipinski definition) is 1. The average molecular weight is 378 g/mol. The van der Waals surface area contributed by atoms with E-state index >= 15 is 0 Å². The van der Waals surface area contributed by atoms with Crippen molar-refractivity contribution >= 4 is 29.1 Å². The number of methoxy groups -OCH3 is 4. The highest BCUT2D eigenvalue weighted by atomic mass is 35.5. The van der Waals surface area contributed by atoms with Crippen LogP contribution in [0.4, 0.5) is 5.69 Å². The van der Waals surface area contributed by atoms with Crippen LogP contribution in [0.25, 0.3) is 6.08 Å². The van der Waals surface area contributed by atoms with E-state index < -0.39 is 0 Å². The van der Waals surface area contributed by atoms with E-state index in [9.17, 15) is 4.79 Å². The second-order valence-electron chi connectivity index (χ2n) is 5.24. The van der Waals surface area contributed by atoms with E-state index in [0.29, 0.717) is 39.8 Å². The molecule has 2 rings (SSSR count). The molecule has 0 saturated heterocycles. The quantitative estimate of drug-likeness (QED) is 0.449. The summed E-state index contributed by atoms with van der Waals surface area (Å²) in [6, 6.07) is 8.21. The lowest BCUT2D eigenvalue weighted by Gasteiger charge is -2.13. The van der Waals surface area contributed by atoms with E-state index in [0.717, 1.165) is 0 Å². The maximum Gasteiger partial charge on any atom is 0.204 e. The van der Waals surface area contributed by atoms with Crippen LogP contribution in [0.3, 0.4) is 0 Å². The molecule has 2 N–H and O–H groups in total. The van der Waals surface area contributed by atoms with Gasteiger partial charge < -0.3 is 24.7 Å². The fraction of sp³-hybridized carbons (Fsp3) is 0.211. The van der Waals surface area contributed by atoms with Crippen LogP contribution >= 0.6 is 11.6 Å². The zero-order valence-electron chi connectivity index (χ0n) is 15.0. The van der Waals surface area contributed by atoms with Gasteiger partial charge in [0.05, 0.1) is 39.2 Å². The molecule has 26 heavy (non-hydrogen) atoms. The van der Waals surface area contributed by atoms with E-state index in [4.69, 9.17) is 36.3 Å². The Morgan fingerprint density at radius 3 is 1.96 bits per heavy atom. The van der Waals surface area contributed by atoms with Crippen molar-refractivity contribution in [3.05, 3.63) is 46.5 Å². The molecule has 138 valence electrons. The van der Waals surface area contributed by atoms with Gasteiger partial charge in [0, 0.05) is 5.56 Å². The van der Waals surface area contributed by atoms with Crippen molar-refractivity contribution in [1.82, 2.24) is 0 Å². The van der Waals surface area contributed by atoms with Gasteiger partial charge in [-0.05, 0) is 35.9 Å². The summed E-state index contributed by atoms with van der Waals surface area (Å²) in [4.78, 5) is 12.7. The van der Waals surface area contributed by atoms with Crippen molar-refractivity contribution in [3.63, 3.8) is 0 Å². The highest BCUT2D eigenvalue weighted by Crippen LogP contribution is 2.39. The highest BCUT2D eigenvalue weighted by molar-refractivity contribution is 6.47. The molecule has 0 fully saturated rings. The fourth-order valence-corrected chi connectivity index (χ4v) is 2.64. The van der Waals surface area contributed by atoms with Gasteiger partial charge in [0.2, 0.25) is 11.5 Å². The summed E-state index contributed by atoms with van der Waals surface area (Å²) in [7, 11) is 5.97. The molecule has 7 heteroatoms. The Hall–Kier alpha value is -2.86. The summed E-state index contributed by atoms with van der Waals surface area (Å²) in [5.74, 6) is 1.30. The number of anilines is 1. The molecule has 0 aliphatic rings. The molecule has 0 aliphatic heterocycles. The van der Waals surface area contributed by atoms with Crippen molar-refractivity contribution in [1.29, 1.82) is 0 Å². The Labute approximate surface area is 157 Å². The molecule has 0 radical (unpaired) electrons. The lowest BCUT2D eigenvalue weighted by atomic mass is 10.1. The number of carbonyl (C=O) groups excluding carboxylic acids is 1. The number of ether oxygens (including phenoxy) is 4. The van der Waals surface area contributed by atoms with E-state index in [1.54, 1.807) is 30.3 Å². The summed E-state index contributed by atoms with van der Waals surface area (Å²) < 4.78 is 20.9. The van der Waals surface area contributed by atoms with Crippen molar-refractivity contribution in [3.8, 4) is 23.0 Å². The SMILES string of the molecule is COc1ccc(C=C(Cl)C(=O)c2cc(OC)c(OC)c(OC)c2)cc1N. The van der Waals surface area contributed by atoms with Crippen LogP contribution in [0.1, 0.15) is 15.9 Å². The third kappa shape index (κ3) is 4.03. The smallest absolute Gasteiger partial charge is 0.204 e. The molecule has 0 atom stereocenters. The third-order valence-electron chi connectivity index (χ3n) is 3.69. The van der Waals surface area contributed by atoms with Crippen LogP contribution < -0.4 is 24.7 Å². The number of benzene rings is 2. The second kappa shape index (κ2) is 8.49. The predicted molar refractivity (Wildman–Crippen MR) is 102 cm³/mol. The number of carbonyl (C=O) groups is 1. The van der Waals surface area contributed by atoms with Gasteiger partial charge in [-0.3, -0.25) is 4.79 Å². The number of allylic oxidation sites excluding steroid dienone is 1. The number of hydrogen-bond acceptors (Lipinski definition) is 6. The van der Waals surface area contributed by atoms with E-state index in [1.165, 1.54) is 34.5 Å². The maximum absolute atomic E-state index is 12.7. The van der Waals surface area contributed by atoms with Gasteiger partial charge in [-0.2, -0.15) is 0 Å². The zero-order chi connectivity index (χ0) is 19.3. The van der Waals surface area contributed by atoms with Crippen molar-refractivity contribution in [2.45, 2.75) is 0 Å². The summed E-state index contributed by atoms with van der Waals surface area (Å²) in [6.07, 6.45) is 1.53. The number of rotatable bonds is 7. The third-order valence-corrected chi connectivity index (χ3v) is 3.97. The average Bonchev–Trinajstić information content (AvgIpc) is 2.66. The monoisotopic (exact) mass is 377 g/mol. The number of Topliss-reactive ketones (excluding diaryl/α,β-unsaturated/α-hetero) is 1. The molecule has 0 amide bonds. The van der Waals surface area contributed by atoms with Gasteiger partial charge in [-0.25, -0.2) is 0 Å². The summed E-state index contributed by atoms with van der Waals surface area (Å²) >= 11 is 6.22. The van der Waals surface area contributed by atoms with Gasteiger partial charge in [0.15, 0.2) is 11.5 Å². The molecule has 6 nitrogen and oxygen atoms in total. The Kier molecular flexibility index (Phi) is 6.36. The van der Waals surface area contributed by atoms with Crippen molar-refractivity contribution in [2.24, 2.45) is 0 Å². The molecular weight excluding hydrogens is 358 g/mol. The molecule has 0 heterocycles. The predicted octanol–water partition coefficient (Wildman–Crippen LogP) is 3.77. The summed E-state index contributed by atoms with van der Waals surface area (Å²) in [5.41, 5.74) is 7.31. The Morgan fingerprint density at radius 1 is 0.923 bits per heavy atom. The molecule has 0 aromatic heterocycles. The second-order valence-corrected chi connectivity index (χ2v) is 5.64. The Bertz CT molecular complexity index is 823. The molecular formula is C19H20ClNO5. The first-order valence-corrected chi connectivity index (χ1v) is 7.98. The Balaban J connectivity index is 2.40. The number of nitrogens with two attached hydrogens (primary N) is 1. The summed E-state index contributed by atoms with van der Waals surface area (Å²) in [5, 5.41) is 0.0174. The molecule has 0 unspecified atom stereocenters. The van der Waals surface area contributed by atoms with Crippen molar-refractivity contribution in [2.75, 3.05) is 34.2 Å². The van der Waals surface area contributed by atoms with Crippen LogP contribution in [0, 0.1) is 0 Å². The van der Waals surface area contributed by atoms with E-state index in [1.807, 2.05) is 0 Å². The van der Waals surface area contributed by atoms with Crippen LogP contribution in [0.2, 0.25) is 0 Å². The molecule has 0 aliphatic carbocycles.